The third-order valence-corrected chi connectivity index (χ3v) is 5.21. The van der Waals surface area contributed by atoms with Crippen LogP contribution in [0.4, 0.5) is 5.69 Å². The van der Waals surface area contributed by atoms with Crippen molar-refractivity contribution < 1.29 is 0 Å². The molecule has 0 aliphatic heterocycles. The minimum absolute atomic E-state index is 1.04. The van der Waals surface area contributed by atoms with E-state index >= 15 is 0 Å². The van der Waals surface area contributed by atoms with Crippen LogP contribution in [0.25, 0.3) is 10.9 Å². The number of para-hydroxylation sites is 1. The van der Waals surface area contributed by atoms with E-state index in [1.54, 1.807) is 0 Å². The third kappa shape index (κ3) is 3.68. The maximum atomic E-state index is 4.92. The molecule has 2 aromatic carbocycles. The fourth-order valence-corrected chi connectivity index (χ4v) is 3.89. The smallest absolute Gasteiger partial charge is 0.0726 e. The van der Waals surface area contributed by atoms with Crippen LogP contribution in [-0.2, 0) is 19.3 Å². The van der Waals surface area contributed by atoms with Crippen molar-refractivity contribution in [1.82, 2.24) is 4.98 Å². The number of hydrogen-bond acceptors (Lipinski definition) is 2. The quantitative estimate of drug-likeness (QED) is 0.599. The van der Waals surface area contributed by atoms with E-state index < -0.39 is 0 Å². The van der Waals surface area contributed by atoms with Gasteiger partial charge in [0.25, 0.3) is 0 Å². The number of aryl methyl sites for hydroxylation is 2. The molecule has 4 rings (SSSR count). The zero-order valence-electron chi connectivity index (χ0n) is 14.8. The lowest BCUT2D eigenvalue weighted by Gasteiger charge is -2.21. The summed E-state index contributed by atoms with van der Waals surface area (Å²) in [6.07, 6.45) is 8.44. The highest BCUT2D eigenvalue weighted by atomic mass is 14.9. The van der Waals surface area contributed by atoms with Gasteiger partial charge in [0.05, 0.1) is 5.52 Å². The predicted molar refractivity (Wildman–Crippen MR) is 106 cm³/mol. The lowest BCUT2D eigenvalue weighted by atomic mass is 9.92. The molecule has 0 spiro atoms. The van der Waals surface area contributed by atoms with E-state index in [1.165, 1.54) is 60.0 Å². The molecule has 25 heavy (non-hydrogen) atoms. The number of fused-ring (bicyclic) bond motifs is 2. The predicted octanol–water partition coefficient (Wildman–Crippen LogP) is 5.55. The van der Waals surface area contributed by atoms with Crippen molar-refractivity contribution >= 4 is 16.6 Å². The molecule has 0 unspecified atom stereocenters. The summed E-state index contributed by atoms with van der Waals surface area (Å²) in [6, 6.07) is 19.4. The van der Waals surface area contributed by atoms with E-state index in [1.807, 2.05) is 0 Å². The number of nitrogens with one attached hydrogen (secondary N) is 1. The Hall–Kier alpha value is -2.35. The highest BCUT2D eigenvalue weighted by molar-refractivity contribution is 5.93. The molecular weight excluding hydrogens is 304 g/mol. The van der Waals surface area contributed by atoms with Crippen molar-refractivity contribution in [2.75, 3.05) is 11.9 Å². The molecule has 0 atom stereocenters. The molecular formula is C23H26N2. The van der Waals surface area contributed by atoms with Crippen LogP contribution >= 0.6 is 0 Å². The molecule has 3 aromatic rings. The number of aromatic nitrogens is 1. The molecule has 2 nitrogen and oxygen atoms in total. The van der Waals surface area contributed by atoms with E-state index in [0.29, 0.717) is 0 Å². The SMILES string of the molecule is c1ccc(CCCCNc2c3c(nc4ccccc24)CCCC3)cc1. The van der Waals surface area contributed by atoms with E-state index in [9.17, 15) is 0 Å². The van der Waals surface area contributed by atoms with Crippen LogP contribution < -0.4 is 5.32 Å². The molecule has 128 valence electrons. The van der Waals surface area contributed by atoms with E-state index in [4.69, 9.17) is 4.98 Å². The van der Waals surface area contributed by atoms with Crippen LogP contribution in [0.15, 0.2) is 54.6 Å². The van der Waals surface area contributed by atoms with Gasteiger partial charge in [-0.15, -0.1) is 0 Å². The molecule has 0 amide bonds. The average molecular weight is 330 g/mol. The first kappa shape index (κ1) is 16.1. The summed E-state index contributed by atoms with van der Waals surface area (Å²) in [7, 11) is 0. The van der Waals surface area contributed by atoms with Crippen LogP contribution in [0.1, 0.15) is 42.5 Å². The zero-order valence-corrected chi connectivity index (χ0v) is 14.8. The molecule has 1 heterocycles. The fourth-order valence-electron chi connectivity index (χ4n) is 3.89. The van der Waals surface area contributed by atoms with Gasteiger partial charge in [-0.1, -0.05) is 48.5 Å². The van der Waals surface area contributed by atoms with Crippen LogP contribution in [0.5, 0.6) is 0 Å². The van der Waals surface area contributed by atoms with Crippen molar-refractivity contribution in [1.29, 1.82) is 0 Å². The molecule has 0 bridgehead atoms. The van der Waals surface area contributed by atoms with Crippen LogP contribution in [0.2, 0.25) is 0 Å². The Balaban J connectivity index is 1.45. The highest BCUT2D eigenvalue weighted by Crippen LogP contribution is 2.33. The second-order valence-electron chi connectivity index (χ2n) is 7.01. The second kappa shape index (κ2) is 7.69. The Kier molecular flexibility index (Phi) is 4.96. The largest absolute Gasteiger partial charge is 0.384 e. The summed E-state index contributed by atoms with van der Waals surface area (Å²) in [4.78, 5) is 4.92. The van der Waals surface area contributed by atoms with Gasteiger partial charge < -0.3 is 5.32 Å². The maximum Gasteiger partial charge on any atom is 0.0726 e. The maximum absolute atomic E-state index is 4.92. The third-order valence-electron chi connectivity index (χ3n) is 5.21. The molecule has 0 saturated heterocycles. The first-order chi connectivity index (χ1) is 12.4. The Morgan fingerprint density at radius 2 is 1.64 bits per heavy atom. The number of rotatable bonds is 6. The number of anilines is 1. The summed E-state index contributed by atoms with van der Waals surface area (Å²) in [5.41, 5.74) is 6.70. The topological polar surface area (TPSA) is 24.9 Å². The first-order valence-corrected chi connectivity index (χ1v) is 9.60. The Morgan fingerprint density at radius 3 is 2.56 bits per heavy atom. The van der Waals surface area contributed by atoms with E-state index in [0.717, 1.165) is 24.9 Å². The summed E-state index contributed by atoms with van der Waals surface area (Å²) < 4.78 is 0. The van der Waals surface area contributed by atoms with E-state index in [-0.39, 0.29) is 0 Å². The number of benzene rings is 2. The van der Waals surface area contributed by atoms with Gasteiger partial charge in [0.1, 0.15) is 0 Å². The Bertz CT molecular complexity index is 839. The highest BCUT2D eigenvalue weighted by Gasteiger charge is 2.17. The minimum atomic E-state index is 1.04. The monoisotopic (exact) mass is 330 g/mol. The summed E-state index contributed by atoms with van der Waals surface area (Å²) in [5.74, 6) is 0. The van der Waals surface area contributed by atoms with Gasteiger partial charge >= 0.3 is 0 Å². The summed E-state index contributed by atoms with van der Waals surface area (Å²) in [6.45, 7) is 1.04. The molecule has 1 aliphatic rings. The van der Waals surface area contributed by atoms with Crippen LogP contribution in [0, 0.1) is 0 Å². The lowest BCUT2D eigenvalue weighted by molar-refractivity contribution is 0.671. The standard InChI is InChI=1S/C23H26N2/c1-2-10-18(11-3-1)12-8-9-17-24-23-19-13-4-6-15-21(19)25-22-16-7-5-14-20(22)23/h1-4,6,10-11,13,15H,5,7-9,12,14,16-17H2,(H,24,25). The molecule has 0 radical (unpaired) electrons. The number of pyridine rings is 1. The normalized spacial score (nSPS) is 13.6. The van der Waals surface area contributed by atoms with Crippen LogP contribution in [-0.4, -0.2) is 11.5 Å². The number of unbranched alkanes of at least 4 members (excludes halogenated alkanes) is 1. The van der Waals surface area contributed by atoms with Gasteiger partial charge in [-0.05, 0) is 62.1 Å². The molecule has 1 aromatic heterocycles. The molecule has 2 heteroatoms. The molecule has 1 aliphatic carbocycles. The van der Waals surface area contributed by atoms with Crippen molar-refractivity contribution in [3.63, 3.8) is 0 Å². The van der Waals surface area contributed by atoms with Crippen molar-refractivity contribution in [3.8, 4) is 0 Å². The zero-order chi connectivity index (χ0) is 16.9. The average Bonchev–Trinajstić information content (AvgIpc) is 2.68. The second-order valence-corrected chi connectivity index (χ2v) is 7.01. The van der Waals surface area contributed by atoms with Crippen LogP contribution in [0.3, 0.4) is 0 Å². The van der Waals surface area contributed by atoms with Gasteiger partial charge in [0.2, 0.25) is 0 Å². The van der Waals surface area contributed by atoms with E-state index in [2.05, 4.69) is 59.9 Å². The molecule has 1 N–H and O–H groups in total. The molecule has 0 saturated carbocycles. The van der Waals surface area contributed by atoms with Crippen molar-refractivity contribution in [3.05, 3.63) is 71.4 Å². The summed E-state index contributed by atoms with van der Waals surface area (Å²) in [5, 5.41) is 5.05. The summed E-state index contributed by atoms with van der Waals surface area (Å²) >= 11 is 0. The first-order valence-electron chi connectivity index (χ1n) is 9.60. The van der Waals surface area contributed by atoms with Gasteiger partial charge in [-0.3, -0.25) is 4.98 Å². The van der Waals surface area contributed by atoms with Gasteiger partial charge in [-0.25, -0.2) is 0 Å². The minimum Gasteiger partial charge on any atom is -0.384 e. The van der Waals surface area contributed by atoms with Gasteiger partial charge in [0, 0.05) is 23.3 Å². The van der Waals surface area contributed by atoms with Gasteiger partial charge in [0.15, 0.2) is 0 Å². The Labute approximate surface area is 150 Å². The van der Waals surface area contributed by atoms with Crippen molar-refractivity contribution in [2.24, 2.45) is 0 Å². The number of hydrogen-bond donors (Lipinski definition) is 1. The fraction of sp³-hybridized carbons (Fsp3) is 0.348. The van der Waals surface area contributed by atoms with Gasteiger partial charge in [-0.2, -0.15) is 0 Å². The van der Waals surface area contributed by atoms with Crippen molar-refractivity contribution in [2.45, 2.75) is 44.9 Å². The lowest BCUT2D eigenvalue weighted by Crippen LogP contribution is -2.12. The number of nitrogens with zero attached hydrogens (tertiary/aromatic N) is 1. The Morgan fingerprint density at radius 1 is 0.840 bits per heavy atom. The molecule has 0 fully saturated rings.